The lowest BCUT2D eigenvalue weighted by Gasteiger charge is -2.10. The predicted octanol–water partition coefficient (Wildman–Crippen LogP) is 3.10. The molecule has 0 spiro atoms. The number of carbonyl (C=O) groups is 2. The van der Waals surface area contributed by atoms with Crippen molar-refractivity contribution >= 4 is 28.3 Å². The molecule has 4 rings (SSSR count). The van der Waals surface area contributed by atoms with Crippen molar-refractivity contribution in [1.82, 2.24) is 15.1 Å². The van der Waals surface area contributed by atoms with E-state index in [0.29, 0.717) is 16.5 Å². The molecule has 0 saturated heterocycles. The van der Waals surface area contributed by atoms with Gasteiger partial charge < -0.3 is 10.6 Å². The summed E-state index contributed by atoms with van der Waals surface area (Å²) in [6.07, 6.45) is 1.55. The van der Waals surface area contributed by atoms with Gasteiger partial charge in [0.1, 0.15) is 12.4 Å². The average molecular weight is 430 g/mol. The van der Waals surface area contributed by atoms with Gasteiger partial charge in [-0.2, -0.15) is 5.10 Å². The molecule has 4 aromatic rings. The quantitative estimate of drug-likeness (QED) is 0.492. The van der Waals surface area contributed by atoms with E-state index in [4.69, 9.17) is 0 Å². The minimum atomic E-state index is -0.492. The Balaban J connectivity index is 1.38. The van der Waals surface area contributed by atoms with Crippen molar-refractivity contribution < 1.29 is 14.0 Å². The molecule has 0 aliphatic carbocycles. The Morgan fingerprint density at radius 1 is 0.969 bits per heavy atom. The molecule has 32 heavy (non-hydrogen) atoms. The minimum Gasteiger partial charge on any atom is -0.350 e. The maximum Gasteiger partial charge on any atom is 0.275 e. The zero-order valence-electron chi connectivity index (χ0n) is 16.9. The molecule has 0 atom stereocenters. The van der Waals surface area contributed by atoms with Crippen molar-refractivity contribution in [3.05, 3.63) is 106 Å². The largest absolute Gasteiger partial charge is 0.350 e. The smallest absolute Gasteiger partial charge is 0.275 e. The molecule has 0 unspecified atom stereocenters. The van der Waals surface area contributed by atoms with Gasteiger partial charge >= 0.3 is 0 Å². The molecule has 7 nitrogen and oxygen atoms in total. The number of hydrogen-bond acceptors (Lipinski definition) is 4. The van der Waals surface area contributed by atoms with E-state index < -0.39 is 11.7 Å². The van der Waals surface area contributed by atoms with Crippen molar-refractivity contribution in [1.29, 1.82) is 0 Å². The van der Waals surface area contributed by atoms with Gasteiger partial charge in [0.15, 0.2) is 0 Å². The lowest BCUT2D eigenvalue weighted by Crippen LogP contribution is -2.33. The van der Waals surface area contributed by atoms with Gasteiger partial charge in [-0.1, -0.05) is 36.4 Å². The number of benzene rings is 3. The predicted molar refractivity (Wildman–Crippen MR) is 119 cm³/mol. The minimum absolute atomic E-state index is 0.199. The molecule has 2 N–H and O–H groups in total. The third-order valence-corrected chi connectivity index (χ3v) is 4.82. The summed E-state index contributed by atoms with van der Waals surface area (Å²) in [5, 5.41) is 10.7. The van der Waals surface area contributed by atoms with Gasteiger partial charge in [-0.3, -0.25) is 14.4 Å². The molecule has 0 fully saturated rings. The summed E-state index contributed by atoms with van der Waals surface area (Å²) in [5.41, 5.74) is 1.13. The molecule has 1 aromatic heterocycles. The van der Waals surface area contributed by atoms with Gasteiger partial charge in [0.05, 0.1) is 11.6 Å². The molecule has 160 valence electrons. The molecule has 0 aliphatic rings. The first-order valence-electron chi connectivity index (χ1n) is 9.87. The van der Waals surface area contributed by atoms with Crippen LogP contribution in [0, 0.1) is 5.82 Å². The van der Waals surface area contributed by atoms with Crippen LogP contribution in [0.1, 0.15) is 15.9 Å². The molecule has 0 aliphatic heterocycles. The zero-order chi connectivity index (χ0) is 22.5. The van der Waals surface area contributed by atoms with E-state index in [9.17, 15) is 18.8 Å². The molecule has 1 heterocycles. The molecule has 0 saturated carbocycles. The van der Waals surface area contributed by atoms with Crippen LogP contribution in [-0.4, -0.2) is 21.6 Å². The molecule has 3 aromatic carbocycles. The Labute approximate surface area is 182 Å². The first kappa shape index (κ1) is 20.9. The van der Waals surface area contributed by atoms with E-state index in [0.717, 1.165) is 16.3 Å². The second-order valence-corrected chi connectivity index (χ2v) is 7.14. The summed E-state index contributed by atoms with van der Waals surface area (Å²) >= 11 is 0. The number of carbonyl (C=O) groups excluding carboxylic acids is 2. The van der Waals surface area contributed by atoms with Crippen LogP contribution in [-0.2, 0) is 17.9 Å². The van der Waals surface area contributed by atoms with Crippen LogP contribution in [0.2, 0.25) is 0 Å². The van der Waals surface area contributed by atoms with Crippen LogP contribution in [0.25, 0.3) is 10.8 Å². The number of nitrogens with one attached hydrogen (secondary N) is 2. The second-order valence-electron chi connectivity index (χ2n) is 7.14. The van der Waals surface area contributed by atoms with Crippen LogP contribution in [0.15, 0.2) is 83.8 Å². The molecule has 2 amide bonds. The standard InChI is InChI=1S/C24H19FN4O3/c25-19-8-4-7-17(12-19)23(31)28-20-9-3-5-16(11-20)13-26-22(30)15-29-24(32)21-10-2-1-6-18(21)14-27-29/h1-12,14H,13,15H2,(H,26,30)(H,28,31). The zero-order valence-corrected chi connectivity index (χ0v) is 16.9. The number of hydrogen-bond donors (Lipinski definition) is 2. The van der Waals surface area contributed by atoms with E-state index in [-0.39, 0.29) is 30.1 Å². The fourth-order valence-electron chi connectivity index (χ4n) is 3.22. The number of nitrogens with zero attached hydrogens (tertiary/aromatic N) is 2. The Bertz CT molecular complexity index is 1370. The van der Waals surface area contributed by atoms with Gasteiger partial charge in [0.2, 0.25) is 5.91 Å². The number of fused-ring (bicyclic) bond motifs is 1. The van der Waals surface area contributed by atoms with Crippen molar-refractivity contribution in [3.63, 3.8) is 0 Å². The maximum absolute atomic E-state index is 13.3. The molecule has 0 bridgehead atoms. The normalized spacial score (nSPS) is 10.7. The second kappa shape index (κ2) is 9.22. The fraction of sp³-hybridized carbons (Fsp3) is 0.0833. The summed E-state index contributed by atoms with van der Waals surface area (Å²) in [6.45, 7) is -0.00942. The van der Waals surface area contributed by atoms with Gasteiger partial charge in [-0.25, -0.2) is 9.07 Å². The van der Waals surface area contributed by atoms with Crippen LogP contribution < -0.4 is 16.2 Å². The van der Waals surface area contributed by atoms with E-state index in [2.05, 4.69) is 15.7 Å². The highest BCUT2D eigenvalue weighted by Gasteiger charge is 2.10. The highest BCUT2D eigenvalue weighted by molar-refractivity contribution is 6.04. The lowest BCUT2D eigenvalue weighted by molar-refractivity contribution is -0.122. The highest BCUT2D eigenvalue weighted by Crippen LogP contribution is 2.13. The topological polar surface area (TPSA) is 93.1 Å². The third-order valence-electron chi connectivity index (χ3n) is 4.82. The van der Waals surface area contributed by atoms with E-state index >= 15 is 0 Å². The third kappa shape index (κ3) is 4.86. The molecule has 0 radical (unpaired) electrons. The Morgan fingerprint density at radius 3 is 2.62 bits per heavy atom. The first-order valence-corrected chi connectivity index (χ1v) is 9.87. The van der Waals surface area contributed by atoms with Gasteiger partial charge in [0.25, 0.3) is 11.5 Å². The lowest BCUT2D eigenvalue weighted by atomic mass is 10.1. The average Bonchev–Trinajstić information content (AvgIpc) is 2.80. The van der Waals surface area contributed by atoms with E-state index in [1.807, 2.05) is 6.07 Å². The van der Waals surface area contributed by atoms with Crippen LogP contribution in [0.4, 0.5) is 10.1 Å². The SMILES string of the molecule is O=C(Cn1ncc2ccccc2c1=O)NCc1cccc(NC(=O)c2cccc(F)c2)c1. The Morgan fingerprint density at radius 2 is 1.78 bits per heavy atom. The number of rotatable bonds is 6. The summed E-state index contributed by atoms with van der Waals surface area (Å²) < 4.78 is 14.4. The summed E-state index contributed by atoms with van der Waals surface area (Å²) in [7, 11) is 0. The van der Waals surface area contributed by atoms with Gasteiger partial charge in [0, 0.05) is 23.2 Å². The molecular formula is C24H19FN4O3. The fourth-order valence-corrected chi connectivity index (χ4v) is 3.22. The number of aromatic nitrogens is 2. The highest BCUT2D eigenvalue weighted by atomic mass is 19.1. The van der Waals surface area contributed by atoms with Crippen molar-refractivity contribution in [2.45, 2.75) is 13.1 Å². The molecule has 8 heteroatoms. The summed E-state index contributed by atoms with van der Waals surface area (Å²) in [6, 6.07) is 19.4. The monoisotopic (exact) mass is 430 g/mol. The van der Waals surface area contributed by atoms with E-state index in [1.54, 1.807) is 48.7 Å². The maximum atomic E-state index is 13.3. The van der Waals surface area contributed by atoms with Crippen molar-refractivity contribution in [2.75, 3.05) is 5.32 Å². The van der Waals surface area contributed by atoms with Crippen LogP contribution in [0.3, 0.4) is 0 Å². The summed E-state index contributed by atoms with van der Waals surface area (Å²) in [4.78, 5) is 37.1. The van der Waals surface area contributed by atoms with Gasteiger partial charge in [-0.05, 0) is 42.0 Å². The van der Waals surface area contributed by atoms with E-state index in [1.165, 1.54) is 18.2 Å². The van der Waals surface area contributed by atoms with Crippen molar-refractivity contribution in [2.24, 2.45) is 0 Å². The van der Waals surface area contributed by atoms with Gasteiger partial charge in [-0.15, -0.1) is 0 Å². The first-order chi connectivity index (χ1) is 15.5. The van der Waals surface area contributed by atoms with Crippen molar-refractivity contribution in [3.8, 4) is 0 Å². The van der Waals surface area contributed by atoms with Crippen LogP contribution in [0.5, 0.6) is 0 Å². The number of halogens is 1. The Kier molecular flexibility index (Phi) is 6.03. The Hall–Kier alpha value is -4.33. The number of anilines is 1. The van der Waals surface area contributed by atoms with Crippen LogP contribution >= 0.6 is 0 Å². The molecular weight excluding hydrogens is 411 g/mol. The summed E-state index contributed by atoms with van der Waals surface area (Å²) in [5.74, 6) is -1.30. The number of amides is 2.